The summed E-state index contributed by atoms with van der Waals surface area (Å²) in [6.07, 6.45) is 6.10. The van der Waals surface area contributed by atoms with E-state index in [1.54, 1.807) is 18.1 Å². The minimum absolute atomic E-state index is 0.385. The molecule has 4 nitrogen and oxygen atoms in total. The van der Waals surface area contributed by atoms with E-state index in [-0.39, 0.29) is 0 Å². The Morgan fingerprint density at radius 3 is 2.88 bits per heavy atom. The van der Waals surface area contributed by atoms with Crippen LogP contribution < -0.4 is 10.6 Å². The van der Waals surface area contributed by atoms with Crippen molar-refractivity contribution < 1.29 is 0 Å². The fraction of sp³-hybridized carbons (Fsp3) is 0.667. The molecule has 1 aliphatic heterocycles. The standard InChI is InChI=1S/C12H20N4S/c1-12(3-5-13-6-4-12)8-14-10-7-11(17-2)16-9-15-10/h7,9,13H,3-6,8H2,1-2H3,(H,14,15,16). The molecular formula is C12H20N4S. The fourth-order valence-electron chi connectivity index (χ4n) is 2.06. The number of piperidine rings is 1. The van der Waals surface area contributed by atoms with E-state index in [1.165, 1.54) is 12.8 Å². The molecule has 0 saturated carbocycles. The zero-order chi connectivity index (χ0) is 12.1. The van der Waals surface area contributed by atoms with Crippen molar-refractivity contribution in [2.24, 2.45) is 5.41 Å². The first-order valence-corrected chi connectivity index (χ1v) is 7.25. The van der Waals surface area contributed by atoms with Gasteiger partial charge in [0.1, 0.15) is 17.2 Å². The molecule has 0 unspecified atom stereocenters. The maximum Gasteiger partial charge on any atom is 0.130 e. The summed E-state index contributed by atoms with van der Waals surface area (Å²) in [5.41, 5.74) is 0.385. The van der Waals surface area contributed by atoms with Crippen LogP contribution in [0.3, 0.4) is 0 Å². The number of aromatic nitrogens is 2. The third-order valence-electron chi connectivity index (χ3n) is 3.36. The van der Waals surface area contributed by atoms with Crippen LogP contribution in [-0.2, 0) is 0 Å². The van der Waals surface area contributed by atoms with Gasteiger partial charge in [0.25, 0.3) is 0 Å². The number of anilines is 1. The molecule has 0 radical (unpaired) electrons. The maximum absolute atomic E-state index is 4.25. The lowest BCUT2D eigenvalue weighted by Gasteiger charge is -2.34. The van der Waals surface area contributed by atoms with Crippen LogP contribution in [0.15, 0.2) is 17.4 Å². The van der Waals surface area contributed by atoms with Gasteiger partial charge in [0.05, 0.1) is 0 Å². The van der Waals surface area contributed by atoms with Gasteiger partial charge in [-0.25, -0.2) is 9.97 Å². The largest absolute Gasteiger partial charge is 0.369 e. The van der Waals surface area contributed by atoms with Crippen molar-refractivity contribution >= 4 is 17.6 Å². The molecule has 0 amide bonds. The van der Waals surface area contributed by atoms with Crippen molar-refractivity contribution in [2.75, 3.05) is 31.2 Å². The van der Waals surface area contributed by atoms with Crippen LogP contribution >= 0.6 is 11.8 Å². The van der Waals surface area contributed by atoms with Crippen LogP contribution in [0.1, 0.15) is 19.8 Å². The van der Waals surface area contributed by atoms with Gasteiger partial charge in [-0.15, -0.1) is 11.8 Å². The molecule has 17 heavy (non-hydrogen) atoms. The van der Waals surface area contributed by atoms with Crippen molar-refractivity contribution in [1.82, 2.24) is 15.3 Å². The van der Waals surface area contributed by atoms with Crippen molar-refractivity contribution in [3.8, 4) is 0 Å². The molecule has 1 aromatic heterocycles. The van der Waals surface area contributed by atoms with Crippen LogP contribution in [0.25, 0.3) is 0 Å². The van der Waals surface area contributed by atoms with Gasteiger partial charge in [-0.2, -0.15) is 0 Å². The summed E-state index contributed by atoms with van der Waals surface area (Å²) in [4.78, 5) is 8.42. The zero-order valence-corrected chi connectivity index (χ0v) is 11.3. The molecule has 0 atom stereocenters. The molecule has 5 heteroatoms. The SMILES string of the molecule is CSc1cc(NCC2(C)CCNCC2)ncn1. The normalized spacial score (nSPS) is 18.9. The molecule has 94 valence electrons. The first-order chi connectivity index (χ1) is 8.22. The van der Waals surface area contributed by atoms with Gasteiger partial charge in [-0.3, -0.25) is 0 Å². The van der Waals surface area contributed by atoms with Gasteiger partial charge in [-0.05, 0) is 37.6 Å². The van der Waals surface area contributed by atoms with Crippen molar-refractivity contribution in [1.29, 1.82) is 0 Å². The van der Waals surface area contributed by atoms with E-state index in [2.05, 4.69) is 27.5 Å². The van der Waals surface area contributed by atoms with Gasteiger partial charge in [0.2, 0.25) is 0 Å². The Bertz CT molecular complexity index is 363. The Balaban J connectivity index is 1.92. The highest BCUT2D eigenvalue weighted by atomic mass is 32.2. The number of nitrogens with zero attached hydrogens (tertiary/aromatic N) is 2. The highest BCUT2D eigenvalue weighted by molar-refractivity contribution is 7.98. The summed E-state index contributed by atoms with van der Waals surface area (Å²) < 4.78 is 0. The summed E-state index contributed by atoms with van der Waals surface area (Å²) in [5.74, 6) is 0.934. The average molecular weight is 252 g/mol. The summed E-state index contributed by atoms with van der Waals surface area (Å²) in [6, 6.07) is 2.01. The minimum atomic E-state index is 0.385. The molecule has 1 aliphatic rings. The van der Waals surface area contributed by atoms with Crippen LogP contribution in [0.5, 0.6) is 0 Å². The predicted molar refractivity (Wildman–Crippen MR) is 72.5 cm³/mol. The van der Waals surface area contributed by atoms with Crippen LogP contribution in [-0.4, -0.2) is 35.9 Å². The second-order valence-electron chi connectivity index (χ2n) is 4.86. The van der Waals surface area contributed by atoms with Gasteiger partial charge in [-0.1, -0.05) is 6.92 Å². The van der Waals surface area contributed by atoms with Crippen LogP contribution in [0.2, 0.25) is 0 Å². The summed E-state index contributed by atoms with van der Waals surface area (Å²) in [7, 11) is 0. The maximum atomic E-state index is 4.25. The van der Waals surface area contributed by atoms with E-state index >= 15 is 0 Å². The third-order valence-corrected chi connectivity index (χ3v) is 4.00. The quantitative estimate of drug-likeness (QED) is 0.634. The Hall–Kier alpha value is -0.810. The number of hydrogen-bond acceptors (Lipinski definition) is 5. The fourth-order valence-corrected chi connectivity index (χ4v) is 2.44. The molecule has 1 aromatic rings. The topological polar surface area (TPSA) is 49.8 Å². The first kappa shape index (κ1) is 12.6. The van der Waals surface area contributed by atoms with Crippen molar-refractivity contribution in [3.63, 3.8) is 0 Å². The second-order valence-corrected chi connectivity index (χ2v) is 5.69. The molecule has 0 bridgehead atoms. The number of hydrogen-bond donors (Lipinski definition) is 2. The molecule has 1 saturated heterocycles. The smallest absolute Gasteiger partial charge is 0.130 e. The van der Waals surface area contributed by atoms with E-state index < -0.39 is 0 Å². The van der Waals surface area contributed by atoms with Crippen molar-refractivity contribution in [3.05, 3.63) is 12.4 Å². The summed E-state index contributed by atoms with van der Waals surface area (Å²) in [5, 5.41) is 7.85. The Morgan fingerprint density at radius 2 is 2.18 bits per heavy atom. The van der Waals surface area contributed by atoms with Crippen LogP contribution in [0, 0.1) is 5.41 Å². The molecule has 2 rings (SSSR count). The molecule has 1 fully saturated rings. The lowest BCUT2D eigenvalue weighted by molar-refractivity contribution is 0.247. The van der Waals surface area contributed by atoms with E-state index in [9.17, 15) is 0 Å². The summed E-state index contributed by atoms with van der Waals surface area (Å²) in [6.45, 7) is 5.58. The monoisotopic (exact) mass is 252 g/mol. The molecule has 2 heterocycles. The molecule has 2 N–H and O–H groups in total. The van der Waals surface area contributed by atoms with E-state index in [1.807, 2.05) is 12.3 Å². The molecular weight excluding hydrogens is 232 g/mol. The van der Waals surface area contributed by atoms with Crippen molar-refractivity contribution in [2.45, 2.75) is 24.8 Å². The second kappa shape index (κ2) is 5.69. The lowest BCUT2D eigenvalue weighted by Crippen LogP contribution is -2.39. The van der Waals surface area contributed by atoms with E-state index in [4.69, 9.17) is 0 Å². The Morgan fingerprint density at radius 1 is 1.41 bits per heavy atom. The van der Waals surface area contributed by atoms with E-state index in [0.29, 0.717) is 5.41 Å². The van der Waals surface area contributed by atoms with Gasteiger partial charge < -0.3 is 10.6 Å². The minimum Gasteiger partial charge on any atom is -0.369 e. The number of nitrogens with one attached hydrogen (secondary N) is 2. The third kappa shape index (κ3) is 3.57. The number of rotatable bonds is 4. The average Bonchev–Trinajstić information content (AvgIpc) is 2.38. The van der Waals surface area contributed by atoms with E-state index in [0.717, 1.165) is 30.5 Å². The van der Waals surface area contributed by atoms with Gasteiger partial charge in [0.15, 0.2) is 0 Å². The first-order valence-electron chi connectivity index (χ1n) is 6.02. The predicted octanol–water partition coefficient (Wildman–Crippen LogP) is 2.00. The Labute approximate surface area is 107 Å². The van der Waals surface area contributed by atoms with Gasteiger partial charge >= 0.3 is 0 Å². The number of thioether (sulfide) groups is 1. The highest BCUT2D eigenvalue weighted by Crippen LogP contribution is 2.28. The highest BCUT2D eigenvalue weighted by Gasteiger charge is 2.26. The molecule has 0 spiro atoms. The molecule has 0 aliphatic carbocycles. The van der Waals surface area contributed by atoms with Gasteiger partial charge in [0, 0.05) is 12.6 Å². The lowest BCUT2D eigenvalue weighted by atomic mass is 9.81. The summed E-state index contributed by atoms with van der Waals surface area (Å²) >= 11 is 1.64. The Kier molecular flexibility index (Phi) is 4.23. The zero-order valence-electron chi connectivity index (χ0n) is 10.5. The van der Waals surface area contributed by atoms with Crippen LogP contribution in [0.4, 0.5) is 5.82 Å². The molecule has 0 aromatic carbocycles.